The molecule has 0 saturated carbocycles. The van der Waals surface area contributed by atoms with E-state index in [4.69, 9.17) is 4.74 Å². The zero-order valence-electron chi connectivity index (χ0n) is 14.6. The molecule has 5 rings (SSSR count). The number of benzene rings is 2. The Hall–Kier alpha value is -2.33. The molecule has 1 atom stereocenters. The highest BCUT2D eigenvalue weighted by Gasteiger charge is 2.37. The normalized spacial score (nSPS) is 24.8. The maximum Gasteiger partial charge on any atom is 0.414 e. The Labute approximate surface area is 149 Å². The molecule has 0 aliphatic carbocycles. The van der Waals surface area contributed by atoms with Gasteiger partial charge in [-0.15, -0.1) is 0 Å². The average molecular weight is 336 g/mol. The second-order valence-corrected chi connectivity index (χ2v) is 7.04. The van der Waals surface area contributed by atoms with Crippen molar-refractivity contribution in [2.24, 2.45) is 5.92 Å². The molecule has 0 radical (unpaired) electrons. The van der Waals surface area contributed by atoms with Gasteiger partial charge in [0.05, 0.1) is 0 Å². The first kappa shape index (κ1) is 16.2. The molecule has 1 amide bonds. The molecule has 0 N–H and O–H groups in total. The maximum absolute atomic E-state index is 12.6. The highest BCUT2D eigenvalue weighted by atomic mass is 16.6. The molecule has 2 aromatic rings. The van der Waals surface area contributed by atoms with Gasteiger partial charge in [-0.05, 0) is 55.1 Å². The minimum absolute atomic E-state index is 0.0368. The number of anilines is 1. The third-order valence-electron chi connectivity index (χ3n) is 5.46. The van der Waals surface area contributed by atoms with Crippen LogP contribution in [0.1, 0.15) is 12.8 Å². The molecule has 3 saturated heterocycles. The Morgan fingerprint density at radius 1 is 1.04 bits per heavy atom. The van der Waals surface area contributed by atoms with Gasteiger partial charge in [0.1, 0.15) is 6.10 Å². The lowest BCUT2D eigenvalue weighted by atomic mass is 9.86. The molecule has 0 spiro atoms. The van der Waals surface area contributed by atoms with Crippen molar-refractivity contribution in [3.8, 4) is 11.1 Å². The van der Waals surface area contributed by atoms with Gasteiger partial charge in [-0.1, -0.05) is 42.5 Å². The van der Waals surface area contributed by atoms with Crippen molar-refractivity contribution in [2.75, 3.05) is 31.6 Å². The molecule has 3 aliphatic rings. The summed E-state index contributed by atoms with van der Waals surface area (Å²) in [5.41, 5.74) is 3.09. The zero-order chi connectivity index (χ0) is 17.2. The zero-order valence-corrected chi connectivity index (χ0v) is 14.6. The van der Waals surface area contributed by atoms with Crippen molar-refractivity contribution in [2.45, 2.75) is 18.9 Å². The summed E-state index contributed by atoms with van der Waals surface area (Å²) < 4.78 is 5.83. The second kappa shape index (κ2) is 6.89. The highest BCUT2D eigenvalue weighted by molar-refractivity contribution is 5.88. The summed E-state index contributed by atoms with van der Waals surface area (Å²) in [6.45, 7) is 3.18. The van der Waals surface area contributed by atoms with Crippen molar-refractivity contribution in [3.05, 3.63) is 54.6 Å². The van der Waals surface area contributed by atoms with Crippen molar-refractivity contribution in [1.82, 2.24) is 4.90 Å². The summed E-state index contributed by atoms with van der Waals surface area (Å²) in [5, 5.41) is 0. The summed E-state index contributed by atoms with van der Waals surface area (Å²) >= 11 is 0. The molecule has 1 unspecified atom stereocenters. The van der Waals surface area contributed by atoms with E-state index in [0.29, 0.717) is 5.92 Å². The Morgan fingerprint density at radius 3 is 2.44 bits per heavy atom. The molecule has 130 valence electrons. The van der Waals surface area contributed by atoms with E-state index in [1.165, 1.54) is 0 Å². The number of carbonyl (C=O) groups is 1. The van der Waals surface area contributed by atoms with Crippen LogP contribution in [0.3, 0.4) is 0 Å². The molecular formula is C21H24N2O2. The Morgan fingerprint density at radius 2 is 1.76 bits per heavy atom. The van der Waals surface area contributed by atoms with Gasteiger partial charge >= 0.3 is 6.09 Å². The van der Waals surface area contributed by atoms with Gasteiger partial charge in [0.2, 0.25) is 0 Å². The van der Waals surface area contributed by atoms with Crippen LogP contribution >= 0.6 is 0 Å². The topological polar surface area (TPSA) is 32.8 Å². The van der Waals surface area contributed by atoms with Crippen LogP contribution in [0.4, 0.5) is 10.5 Å². The first-order valence-electron chi connectivity index (χ1n) is 9.03. The fraction of sp³-hybridized carbons (Fsp3) is 0.381. The number of hydrogen-bond acceptors (Lipinski definition) is 3. The van der Waals surface area contributed by atoms with Gasteiger partial charge in [-0.3, -0.25) is 9.80 Å². The first-order chi connectivity index (χ1) is 12.2. The van der Waals surface area contributed by atoms with Gasteiger partial charge in [0, 0.05) is 19.3 Å². The van der Waals surface area contributed by atoms with E-state index < -0.39 is 0 Å². The molecule has 2 bridgehead atoms. The van der Waals surface area contributed by atoms with Crippen molar-refractivity contribution in [3.63, 3.8) is 0 Å². The number of rotatable bonds is 3. The third kappa shape index (κ3) is 3.40. The number of ether oxygens (including phenoxy) is 1. The Balaban J connectivity index is 1.47. The van der Waals surface area contributed by atoms with E-state index in [9.17, 15) is 4.79 Å². The predicted molar refractivity (Wildman–Crippen MR) is 99.7 cm³/mol. The van der Waals surface area contributed by atoms with E-state index in [-0.39, 0.29) is 12.2 Å². The van der Waals surface area contributed by atoms with E-state index in [1.807, 2.05) is 36.4 Å². The monoisotopic (exact) mass is 336 g/mol. The minimum atomic E-state index is -0.260. The standard InChI is InChI=1S/C21H24N2O2/c1-22(21(24)25-20-15-23-12-10-17(20)11-13-23)19-9-5-8-18(14-19)16-6-3-2-4-7-16/h2-9,14,17,20H,10-13,15H2,1H3. The number of hydrogen-bond donors (Lipinski definition) is 0. The molecular weight excluding hydrogens is 312 g/mol. The summed E-state index contributed by atoms with van der Waals surface area (Å²) in [4.78, 5) is 16.6. The molecule has 2 aromatic carbocycles. The first-order valence-corrected chi connectivity index (χ1v) is 9.03. The smallest absolute Gasteiger partial charge is 0.414 e. The summed E-state index contributed by atoms with van der Waals surface area (Å²) in [5.74, 6) is 0.526. The lowest BCUT2D eigenvalue weighted by Gasteiger charge is -2.44. The van der Waals surface area contributed by atoms with Crippen LogP contribution in [0.15, 0.2) is 54.6 Å². The molecule has 3 heterocycles. The minimum Gasteiger partial charge on any atom is -0.444 e. The van der Waals surface area contributed by atoms with E-state index in [2.05, 4.69) is 23.1 Å². The molecule has 4 heteroatoms. The summed E-state index contributed by atoms with van der Waals surface area (Å²) in [7, 11) is 1.79. The number of nitrogens with zero attached hydrogens (tertiary/aromatic N) is 2. The van der Waals surface area contributed by atoms with Gasteiger partial charge in [-0.25, -0.2) is 4.79 Å². The quantitative estimate of drug-likeness (QED) is 0.849. The largest absolute Gasteiger partial charge is 0.444 e. The highest BCUT2D eigenvalue weighted by Crippen LogP contribution is 2.30. The van der Waals surface area contributed by atoms with Crippen molar-refractivity contribution >= 4 is 11.8 Å². The molecule has 3 aliphatic heterocycles. The fourth-order valence-electron chi connectivity index (χ4n) is 3.88. The number of piperidine rings is 3. The van der Waals surface area contributed by atoms with E-state index in [1.54, 1.807) is 11.9 Å². The van der Waals surface area contributed by atoms with Crippen molar-refractivity contribution < 1.29 is 9.53 Å². The molecule has 0 aromatic heterocycles. The molecule has 3 fully saturated rings. The lowest BCUT2D eigenvalue weighted by Crippen LogP contribution is -2.52. The van der Waals surface area contributed by atoms with Crippen LogP contribution in [-0.4, -0.2) is 43.8 Å². The number of fused-ring (bicyclic) bond motifs is 3. The van der Waals surface area contributed by atoms with Gasteiger partial charge in [0.15, 0.2) is 0 Å². The fourth-order valence-corrected chi connectivity index (χ4v) is 3.88. The predicted octanol–water partition coefficient (Wildman–Crippen LogP) is 4.02. The van der Waals surface area contributed by atoms with Crippen molar-refractivity contribution in [1.29, 1.82) is 0 Å². The lowest BCUT2D eigenvalue weighted by molar-refractivity contribution is -0.0307. The summed E-state index contributed by atoms with van der Waals surface area (Å²) in [6.07, 6.45) is 2.06. The average Bonchev–Trinajstić information content (AvgIpc) is 2.69. The van der Waals surface area contributed by atoms with Crippen LogP contribution in [-0.2, 0) is 4.74 Å². The van der Waals surface area contributed by atoms with E-state index in [0.717, 1.165) is 49.3 Å². The van der Waals surface area contributed by atoms with E-state index >= 15 is 0 Å². The second-order valence-electron chi connectivity index (χ2n) is 7.04. The maximum atomic E-state index is 12.6. The Bertz CT molecular complexity index is 739. The SMILES string of the molecule is CN(C(=O)OC1CN2CCC1CC2)c1cccc(-c2ccccc2)c1. The number of amides is 1. The van der Waals surface area contributed by atoms with Crippen LogP contribution < -0.4 is 4.90 Å². The van der Waals surface area contributed by atoms with Gasteiger partial charge < -0.3 is 4.74 Å². The molecule has 4 nitrogen and oxygen atoms in total. The number of carbonyl (C=O) groups excluding carboxylic acids is 1. The van der Waals surface area contributed by atoms with Crippen LogP contribution in [0.2, 0.25) is 0 Å². The third-order valence-corrected chi connectivity index (χ3v) is 5.46. The van der Waals surface area contributed by atoms with Crippen LogP contribution in [0, 0.1) is 5.92 Å². The van der Waals surface area contributed by atoms with Gasteiger partial charge in [0.25, 0.3) is 0 Å². The Kier molecular flexibility index (Phi) is 4.45. The molecule has 25 heavy (non-hydrogen) atoms. The van der Waals surface area contributed by atoms with Crippen LogP contribution in [0.5, 0.6) is 0 Å². The summed E-state index contributed by atoms with van der Waals surface area (Å²) in [6, 6.07) is 18.2. The van der Waals surface area contributed by atoms with Gasteiger partial charge in [-0.2, -0.15) is 0 Å². The van der Waals surface area contributed by atoms with Crippen LogP contribution in [0.25, 0.3) is 11.1 Å².